The molecule has 21 heavy (non-hydrogen) atoms. The van der Waals surface area contributed by atoms with Crippen molar-refractivity contribution in [2.75, 3.05) is 6.61 Å². The Labute approximate surface area is 125 Å². The molecule has 4 heteroatoms. The standard InChI is InChI=1S/C17H22N2O2/c1-5-21-17(20)16-11-15(18-19(16)4)14-8-6-13(7-9-14)10-12(2)3/h6-9,11-12H,5,10H2,1-4H3. The van der Waals surface area contributed by atoms with Crippen molar-refractivity contribution >= 4 is 5.97 Å². The van der Waals surface area contributed by atoms with Gasteiger partial charge in [0, 0.05) is 12.6 Å². The maximum atomic E-state index is 11.8. The molecule has 4 nitrogen and oxygen atoms in total. The number of carbonyl (C=O) groups is 1. The van der Waals surface area contributed by atoms with Gasteiger partial charge in [-0.2, -0.15) is 5.10 Å². The normalized spacial score (nSPS) is 10.9. The van der Waals surface area contributed by atoms with Crippen LogP contribution < -0.4 is 0 Å². The molecule has 0 radical (unpaired) electrons. The molecule has 2 rings (SSSR count). The maximum Gasteiger partial charge on any atom is 0.356 e. The molecule has 0 aliphatic heterocycles. The third kappa shape index (κ3) is 3.72. The van der Waals surface area contributed by atoms with Gasteiger partial charge < -0.3 is 4.74 Å². The molecule has 0 N–H and O–H groups in total. The third-order valence-corrected chi connectivity index (χ3v) is 3.26. The van der Waals surface area contributed by atoms with Gasteiger partial charge in [0.15, 0.2) is 0 Å². The van der Waals surface area contributed by atoms with Crippen LogP contribution in [-0.2, 0) is 18.2 Å². The van der Waals surface area contributed by atoms with Gasteiger partial charge in [0.2, 0.25) is 0 Å². The predicted octanol–water partition coefficient (Wildman–Crippen LogP) is 3.46. The van der Waals surface area contributed by atoms with E-state index in [2.05, 4.69) is 43.2 Å². The fourth-order valence-corrected chi connectivity index (χ4v) is 2.29. The van der Waals surface area contributed by atoms with Gasteiger partial charge in [-0.3, -0.25) is 4.68 Å². The molecule has 0 bridgehead atoms. The van der Waals surface area contributed by atoms with E-state index in [-0.39, 0.29) is 5.97 Å². The number of benzene rings is 1. The average molecular weight is 286 g/mol. The molecule has 0 aliphatic rings. The predicted molar refractivity (Wildman–Crippen MR) is 83.1 cm³/mol. The van der Waals surface area contributed by atoms with Gasteiger partial charge in [0.05, 0.1) is 12.3 Å². The number of aromatic nitrogens is 2. The molecule has 0 saturated heterocycles. The minimum atomic E-state index is -0.338. The number of carbonyl (C=O) groups excluding carboxylic acids is 1. The van der Waals surface area contributed by atoms with Gasteiger partial charge in [-0.1, -0.05) is 38.1 Å². The first-order chi connectivity index (χ1) is 10.0. The highest BCUT2D eigenvalue weighted by atomic mass is 16.5. The fourth-order valence-electron chi connectivity index (χ4n) is 2.29. The summed E-state index contributed by atoms with van der Waals surface area (Å²) in [5, 5.41) is 4.39. The highest BCUT2D eigenvalue weighted by molar-refractivity contribution is 5.89. The zero-order valence-corrected chi connectivity index (χ0v) is 13.1. The van der Waals surface area contributed by atoms with Crippen LogP contribution in [0.25, 0.3) is 11.3 Å². The molecule has 0 aliphatic carbocycles. The SMILES string of the molecule is CCOC(=O)c1cc(-c2ccc(CC(C)C)cc2)nn1C. The molecule has 112 valence electrons. The summed E-state index contributed by atoms with van der Waals surface area (Å²) in [6, 6.07) is 10.1. The van der Waals surface area contributed by atoms with Crippen molar-refractivity contribution in [3.63, 3.8) is 0 Å². The van der Waals surface area contributed by atoms with Crippen molar-refractivity contribution in [3.8, 4) is 11.3 Å². The lowest BCUT2D eigenvalue weighted by molar-refractivity contribution is 0.0513. The van der Waals surface area contributed by atoms with E-state index >= 15 is 0 Å². The number of hydrogen-bond acceptors (Lipinski definition) is 3. The van der Waals surface area contributed by atoms with Gasteiger partial charge >= 0.3 is 5.97 Å². The highest BCUT2D eigenvalue weighted by Gasteiger charge is 2.15. The highest BCUT2D eigenvalue weighted by Crippen LogP contribution is 2.21. The second kappa shape index (κ2) is 6.57. The Morgan fingerprint density at radius 2 is 1.95 bits per heavy atom. The summed E-state index contributed by atoms with van der Waals surface area (Å²) >= 11 is 0. The summed E-state index contributed by atoms with van der Waals surface area (Å²) in [5.74, 6) is 0.302. The molecule has 1 heterocycles. The van der Waals surface area contributed by atoms with E-state index in [9.17, 15) is 4.79 Å². The van der Waals surface area contributed by atoms with Crippen LogP contribution in [0.4, 0.5) is 0 Å². The summed E-state index contributed by atoms with van der Waals surface area (Å²) < 4.78 is 6.59. The Morgan fingerprint density at radius 1 is 1.29 bits per heavy atom. The van der Waals surface area contributed by atoms with Crippen LogP contribution in [-0.4, -0.2) is 22.4 Å². The first-order valence-electron chi connectivity index (χ1n) is 7.31. The summed E-state index contributed by atoms with van der Waals surface area (Å²) in [6.45, 7) is 6.57. The van der Waals surface area contributed by atoms with E-state index in [1.165, 1.54) is 5.56 Å². The molecule has 1 aromatic heterocycles. The van der Waals surface area contributed by atoms with Gasteiger partial charge in [0.1, 0.15) is 5.69 Å². The Kier molecular flexibility index (Phi) is 4.78. The Hall–Kier alpha value is -2.10. The Bertz CT molecular complexity index is 612. The molecule has 0 amide bonds. The Morgan fingerprint density at radius 3 is 2.52 bits per heavy atom. The van der Waals surface area contributed by atoms with Crippen molar-refractivity contribution in [1.29, 1.82) is 0 Å². The van der Waals surface area contributed by atoms with E-state index in [4.69, 9.17) is 4.74 Å². The number of hydrogen-bond donors (Lipinski definition) is 0. The average Bonchev–Trinajstić information content (AvgIpc) is 2.81. The summed E-state index contributed by atoms with van der Waals surface area (Å²) in [5.41, 5.74) is 3.58. The van der Waals surface area contributed by atoms with E-state index in [1.54, 1.807) is 24.7 Å². The summed E-state index contributed by atoms with van der Waals surface area (Å²) in [4.78, 5) is 11.8. The van der Waals surface area contributed by atoms with Crippen LogP contribution >= 0.6 is 0 Å². The van der Waals surface area contributed by atoms with Gasteiger partial charge in [0.25, 0.3) is 0 Å². The number of esters is 1. The quantitative estimate of drug-likeness (QED) is 0.791. The van der Waals surface area contributed by atoms with Crippen molar-refractivity contribution in [2.45, 2.75) is 27.2 Å². The fraction of sp³-hybridized carbons (Fsp3) is 0.412. The van der Waals surface area contributed by atoms with Crippen LogP contribution in [0.2, 0.25) is 0 Å². The lowest BCUT2D eigenvalue weighted by Gasteiger charge is -2.05. The molecular formula is C17H22N2O2. The zero-order valence-electron chi connectivity index (χ0n) is 13.1. The minimum absolute atomic E-state index is 0.338. The van der Waals surface area contributed by atoms with Gasteiger partial charge in [-0.15, -0.1) is 0 Å². The van der Waals surface area contributed by atoms with Crippen LogP contribution in [0.3, 0.4) is 0 Å². The van der Waals surface area contributed by atoms with E-state index < -0.39 is 0 Å². The topological polar surface area (TPSA) is 44.1 Å². The minimum Gasteiger partial charge on any atom is -0.461 e. The smallest absolute Gasteiger partial charge is 0.356 e. The maximum absolute atomic E-state index is 11.8. The molecular weight excluding hydrogens is 264 g/mol. The number of rotatable bonds is 5. The molecule has 0 saturated carbocycles. The zero-order chi connectivity index (χ0) is 15.4. The second-order valence-corrected chi connectivity index (χ2v) is 5.55. The monoisotopic (exact) mass is 286 g/mol. The van der Waals surface area contributed by atoms with Crippen LogP contribution in [0, 0.1) is 5.92 Å². The molecule has 0 unspecified atom stereocenters. The van der Waals surface area contributed by atoms with Gasteiger partial charge in [-0.25, -0.2) is 4.79 Å². The first-order valence-corrected chi connectivity index (χ1v) is 7.31. The van der Waals surface area contributed by atoms with E-state index in [1.807, 2.05) is 0 Å². The number of aryl methyl sites for hydroxylation is 1. The number of ether oxygens (including phenoxy) is 1. The lowest BCUT2D eigenvalue weighted by Crippen LogP contribution is -2.10. The lowest BCUT2D eigenvalue weighted by atomic mass is 10.0. The molecule has 2 aromatic rings. The molecule has 0 spiro atoms. The first kappa shape index (κ1) is 15.3. The molecule has 0 fully saturated rings. The van der Waals surface area contributed by atoms with Gasteiger partial charge in [-0.05, 0) is 30.9 Å². The summed E-state index contributed by atoms with van der Waals surface area (Å²) in [6.07, 6.45) is 1.07. The molecule has 0 atom stereocenters. The Balaban J connectivity index is 2.22. The van der Waals surface area contributed by atoms with E-state index in [0.29, 0.717) is 18.2 Å². The van der Waals surface area contributed by atoms with Crippen molar-refractivity contribution in [2.24, 2.45) is 13.0 Å². The largest absolute Gasteiger partial charge is 0.461 e. The van der Waals surface area contributed by atoms with Crippen LogP contribution in [0.1, 0.15) is 36.8 Å². The summed E-state index contributed by atoms with van der Waals surface area (Å²) in [7, 11) is 1.75. The number of nitrogens with zero attached hydrogens (tertiary/aromatic N) is 2. The van der Waals surface area contributed by atoms with Crippen molar-refractivity contribution in [1.82, 2.24) is 9.78 Å². The van der Waals surface area contributed by atoms with Crippen LogP contribution in [0.5, 0.6) is 0 Å². The van der Waals surface area contributed by atoms with E-state index in [0.717, 1.165) is 17.7 Å². The third-order valence-electron chi connectivity index (χ3n) is 3.26. The second-order valence-electron chi connectivity index (χ2n) is 5.55. The molecule has 1 aromatic carbocycles. The van der Waals surface area contributed by atoms with Crippen molar-refractivity contribution in [3.05, 3.63) is 41.6 Å². The van der Waals surface area contributed by atoms with Crippen LogP contribution in [0.15, 0.2) is 30.3 Å². The van der Waals surface area contributed by atoms with Crippen molar-refractivity contribution < 1.29 is 9.53 Å².